The fourth-order valence-corrected chi connectivity index (χ4v) is 17.1. The quantitative estimate of drug-likeness (QED) is 0.0550. The Morgan fingerprint density at radius 1 is 0.884 bits per heavy atom. The van der Waals surface area contributed by atoms with E-state index in [1.807, 2.05) is 71.5 Å². The highest BCUT2D eigenvalue weighted by Crippen LogP contribution is 2.69. The summed E-state index contributed by atoms with van der Waals surface area (Å²) in [5.41, 5.74) is -7.78. The van der Waals surface area contributed by atoms with Crippen LogP contribution in [-0.4, -0.2) is 209 Å². The highest BCUT2D eigenvalue weighted by molar-refractivity contribution is 5.93. The minimum atomic E-state index is -1.98. The molecule has 0 aromatic rings. The van der Waals surface area contributed by atoms with Crippen molar-refractivity contribution in [2.45, 2.75) is 263 Å². The molecule has 3 unspecified atom stereocenters. The predicted molar refractivity (Wildman–Crippen MR) is 320 cm³/mol. The number of ketones is 1. The minimum absolute atomic E-state index is 0.0668. The number of aliphatic hydroxyl groups excluding tert-OH is 3. The largest absolute Gasteiger partial charge is 0.459 e. The van der Waals surface area contributed by atoms with Crippen LogP contribution in [0, 0.1) is 52.3 Å². The first-order chi connectivity index (χ1) is 40.1. The Balaban J connectivity index is 1.06. The maximum absolute atomic E-state index is 17.7. The Hall–Kier alpha value is -3.19. The number of hydrogen-bond acceptors (Lipinski definition) is 18. The number of allylic oxidation sites excluding steroid dienone is 4. The van der Waals surface area contributed by atoms with E-state index < -0.39 is 136 Å². The van der Waals surface area contributed by atoms with E-state index in [1.165, 1.54) is 20.1 Å². The molecule has 7 N–H and O–H groups in total. The number of alkyl halides is 1. The molecule has 7 rings (SSSR count). The SMILES string of the molecule is CC[C@H]1OC(=O)[C@H](C)[C@@H](O[C@H]2C[C@@](C)(OC)[C@@H](O)[C@H](C)O2)[C@H](C)[C@@H](O[C@@H]2O[C@H](C)C[C@H](N(C)CC)[C@H]2O)[C@](C)(O)C[C@@H](C)CN(C)[C@H](C)C(OC(=O)NCCCCNC(=O)[C@H]2[C@H](C)CC3C4CC=C5CC(=O)C=C[C@]5(C)[C@@]4(F)[C@@H](O)C[C@@]32C)[C@]1(C)O. The van der Waals surface area contributed by atoms with Gasteiger partial charge in [-0.05, 0) is 157 Å². The van der Waals surface area contributed by atoms with Crippen molar-refractivity contribution < 1.29 is 82.3 Å². The van der Waals surface area contributed by atoms with Crippen molar-refractivity contribution in [1.29, 1.82) is 0 Å². The molecular weight excluding hydrogens is 1110 g/mol. The van der Waals surface area contributed by atoms with Crippen molar-refractivity contribution in [2.75, 3.05) is 47.4 Å². The zero-order chi connectivity index (χ0) is 64.0. The van der Waals surface area contributed by atoms with Gasteiger partial charge in [0.15, 0.2) is 30.1 Å². The minimum Gasteiger partial charge on any atom is -0.459 e. The second kappa shape index (κ2) is 27.3. The number of nitrogens with zero attached hydrogens (tertiary/aromatic N) is 2. The number of hydrogen-bond donors (Lipinski definition) is 7. The third-order valence-corrected chi connectivity index (χ3v) is 22.2. The number of nitrogens with one attached hydrogen (secondary N) is 2. The predicted octanol–water partition coefficient (Wildman–Crippen LogP) is 6.15. The first kappa shape index (κ1) is 70.3. The molecule has 20 nitrogen and oxygen atoms in total. The van der Waals surface area contributed by atoms with E-state index in [0.717, 1.165) is 5.57 Å². The summed E-state index contributed by atoms with van der Waals surface area (Å²) in [6.07, 6.45) is -4.12. The van der Waals surface area contributed by atoms with Crippen LogP contribution in [0.1, 0.15) is 161 Å². The molecule has 4 aliphatic carbocycles. The number of carbonyl (C=O) groups excluding carboxylic acids is 4. The molecule has 0 spiro atoms. The summed E-state index contributed by atoms with van der Waals surface area (Å²) in [6, 6.07) is -1.01. The summed E-state index contributed by atoms with van der Waals surface area (Å²) in [6.45, 7) is 26.8. The number of halogens is 1. The lowest BCUT2D eigenvalue weighted by Gasteiger charge is -2.61. The Labute approximate surface area is 511 Å². The summed E-state index contributed by atoms with van der Waals surface area (Å²) >= 11 is 0. The van der Waals surface area contributed by atoms with Gasteiger partial charge in [0.05, 0.1) is 47.6 Å². The lowest BCUT2D eigenvalue weighted by Crippen LogP contribution is -2.66. The summed E-state index contributed by atoms with van der Waals surface area (Å²) in [7, 11) is 5.25. The van der Waals surface area contributed by atoms with Gasteiger partial charge in [0.2, 0.25) is 5.91 Å². The van der Waals surface area contributed by atoms with Gasteiger partial charge in [-0.15, -0.1) is 0 Å². The van der Waals surface area contributed by atoms with Crippen molar-refractivity contribution in [1.82, 2.24) is 20.4 Å². The van der Waals surface area contributed by atoms with Crippen LogP contribution in [0.5, 0.6) is 0 Å². The van der Waals surface area contributed by atoms with E-state index in [2.05, 4.69) is 10.6 Å². The zero-order valence-corrected chi connectivity index (χ0v) is 54.7. The van der Waals surface area contributed by atoms with Gasteiger partial charge in [0, 0.05) is 74.8 Å². The third-order valence-electron chi connectivity index (χ3n) is 22.2. The number of cyclic esters (lactones) is 1. The van der Waals surface area contributed by atoms with Crippen LogP contribution in [-0.2, 0) is 47.5 Å². The van der Waals surface area contributed by atoms with Crippen molar-refractivity contribution in [3.63, 3.8) is 0 Å². The number of carbonyl (C=O) groups is 4. The normalized spacial score (nSPS) is 47.1. The number of alkyl carbamates (subject to hydrolysis) is 1. The molecule has 0 aromatic heterocycles. The van der Waals surface area contributed by atoms with Crippen LogP contribution in [0.25, 0.3) is 0 Å². The molecule has 26 atom stereocenters. The van der Waals surface area contributed by atoms with Gasteiger partial charge in [-0.1, -0.05) is 59.3 Å². The molecule has 2 amide bonds. The van der Waals surface area contributed by atoms with Crippen molar-refractivity contribution in [3.8, 4) is 0 Å². The van der Waals surface area contributed by atoms with Crippen LogP contribution >= 0.6 is 0 Å². The van der Waals surface area contributed by atoms with Crippen LogP contribution in [0.4, 0.5) is 9.18 Å². The lowest BCUT2D eigenvalue weighted by atomic mass is 9.46. The highest BCUT2D eigenvalue weighted by Gasteiger charge is 2.71. The van der Waals surface area contributed by atoms with Crippen molar-refractivity contribution in [2.24, 2.45) is 52.3 Å². The molecule has 0 radical (unpaired) electrons. The highest BCUT2D eigenvalue weighted by atomic mass is 19.1. The molecule has 3 saturated heterocycles. The average Bonchev–Trinajstić information content (AvgIpc) is 1.25. The first-order valence-electron chi connectivity index (χ1n) is 32.2. The van der Waals surface area contributed by atoms with Crippen LogP contribution in [0.15, 0.2) is 23.8 Å². The van der Waals surface area contributed by atoms with Gasteiger partial charge in [-0.25, -0.2) is 9.18 Å². The van der Waals surface area contributed by atoms with Gasteiger partial charge in [-0.2, -0.15) is 0 Å². The third kappa shape index (κ3) is 13.7. The molecule has 0 bridgehead atoms. The zero-order valence-electron chi connectivity index (χ0n) is 54.7. The Morgan fingerprint density at radius 3 is 2.19 bits per heavy atom. The fourth-order valence-electron chi connectivity index (χ4n) is 17.1. The van der Waals surface area contributed by atoms with Crippen LogP contribution in [0.3, 0.4) is 0 Å². The number of fused-ring (bicyclic) bond motifs is 5. The standard InChI is InChI=1S/C65H109FN4O16/c1-18-48-64(14,79)55(86-59(77)68-27-21-20-26-67-56(75)50-36(4)28-45-44-23-22-42-30-43(71)24-25-61(42,11)65(44,66)47(72)32-60(45,50)10)40(8)70(16)34-35(3)31-62(12,78)54(85-58-51(73)46(69(15)19-2)29-37(5)81-58)38(6)52(39(7)57(76)83-48)84-49-33-63(13,80-17)53(74)41(9)82-49/h22,24-25,35-41,44-55,58,72-74,78-79H,18-21,23,26-34H2,1-17H3,(H,67,75)(H,68,77)/t35-,36-,37-,38+,39-,40-,41+,44?,45?,46+,47+,48-,49+,50-,51-,52+,53+,54-,55?,58+,60+,61+,62-,63-,64-,65+/m1/s1. The summed E-state index contributed by atoms with van der Waals surface area (Å²) in [5, 5.41) is 66.5. The van der Waals surface area contributed by atoms with Gasteiger partial charge >= 0.3 is 12.1 Å². The number of likely N-dealkylation sites (N-methyl/N-ethyl adjacent to an activating group) is 2. The smallest absolute Gasteiger partial charge is 0.407 e. The maximum Gasteiger partial charge on any atom is 0.407 e. The molecule has 492 valence electrons. The maximum atomic E-state index is 17.7. The molecule has 21 heteroatoms. The number of aliphatic hydroxyl groups is 5. The van der Waals surface area contributed by atoms with Gasteiger partial charge < -0.3 is 74.2 Å². The Bertz CT molecular complexity index is 2430. The number of rotatable bonds is 15. The summed E-state index contributed by atoms with van der Waals surface area (Å²) in [5.74, 6) is -4.45. The van der Waals surface area contributed by atoms with Crippen LogP contribution < -0.4 is 10.6 Å². The average molecular weight is 1220 g/mol. The number of amides is 2. The molecule has 3 heterocycles. The van der Waals surface area contributed by atoms with E-state index in [9.17, 15) is 44.7 Å². The van der Waals surface area contributed by atoms with E-state index in [4.69, 9.17) is 33.2 Å². The van der Waals surface area contributed by atoms with Crippen LogP contribution in [0.2, 0.25) is 0 Å². The van der Waals surface area contributed by atoms with Crippen molar-refractivity contribution in [3.05, 3.63) is 23.8 Å². The molecular formula is C65H109FN4O16. The first-order valence-corrected chi connectivity index (χ1v) is 32.2. The summed E-state index contributed by atoms with van der Waals surface area (Å²) in [4.78, 5) is 59.4. The second-order valence-electron chi connectivity index (χ2n) is 28.6. The van der Waals surface area contributed by atoms with E-state index in [0.29, 0.717) is 51.7 Å². The lowest BCUT2D eigenvalue weighted by molar-refractivity contribution is -0.318. The van der Waals surface area contributed by atoms with Gasteiger partial charge in [0.25, 0.3) is 0 Å². The monoisotopic (exact) mass is 1220 g/mol. The molecule has 86 heavy (non-hydrogen) atoms. The van der Waals surface area contributed by atoms with E-state index in [1.54, 1.807) is 54.5 Å². The Morgan fingerprint density at radius 2 is 1.55 bits per heavy atom. The van der Waals surface area contributed by atoms with Gasteiger partial charge in [-0.3, -0.25) is 19.3 Å². The number of esters is 1. The Kier molecular flexibility index (Phi) is 22.3. The summed E-state index contributed by atoms with van der Waals surface area (Å²) < 4.78 is 62.4. The number of methoxy groups -OCH3 is 1. The van der Waals surface area contributed by atoms with E-state index >= 15 is 4.39 Å². The molecule has 0 aromatic carbocycles. The second-order valence-corrected chi connectivity index (χ2v) is 28.6. The molecule has 5 fully saturated rings. The van der Waals surface area contributed by atoms with Crippen molar-refractivity contribution >= 4 is 23.8 Å². The number of ether oxygens (including phenoxy) is 7. The molecule has 3 aliphatic heterocycles. The number of unbranched alkanes of at least 4 members (excludes halogenated alkanes) is 1. The molecule has 2 saturated carbocycles. The molecule has 7 aliphatic rings. The van der Waals surface area contributed by atoms with Gasteiger partial charge in [0.1, 0.15) is 23.9 Å². The fraction of sp³-hybridized carbons (Fsp3) is 0.877. The van der Waals surface area contributed by atoms with E-state index in [-0.39, 0.29) is 80.2 Å². The topological polar surface area (TPSA) is 265 Å².